The summed E-state index contributed by atoms with van der Waals surface area (Å²) in [5.74, 6) is 0.825. The van der Waals surface area contributed by atoms with E-state index in [1.165, 1.54) is 0 Å². The van der Waals surface area contributed by atoms with E-state index >= 15 is 0 Å². The average molecular weight is 161 g/mol. The van der Waals surface area contributed by atoms with E-state index in [4.69, 9.17) is 15.8 Å². The second kappa shape index (κ2) is 3.71. The van der Waals surface area contributed by atoms with E-state index in [1.807, 2.05) is 30.3 Å². The molecule has 1 unspecified atom stereocenters. The Bertz CT molecular complexity index is 166. The zero-order valence-corrected chi connectivity index (χ0v) is 6.43. The molecule has 0 amide bonds. The van der Waals surface area contributed by atoms with Gasteiger partial charge in [0.2, 0.25) is 0 Å². The van der Waals surface area contributed by atoms with Gasteiger partial charge in [-0.05, 0) is 12.1 Å². The van der Waals surface area contributed by atoms with Gasteiger partial charge in [0.15, 0.2) is 8.16 Å². The van der Waals surface area contributed by atoms with Crippen molar-refractivity contribution < 1.29 is 4.52 Å². The van der Waals surface area contributed by atoms with E-state index in [-0.39, 0.29) is 8.16 Å². The molecule has 0 N–H and O–H groups in total. The van der Waals surface area contributed by atoms with Crippen LogP contribution >= 0.6 is 19.4 Å². The van der Waals surface area contributed by atoms with Crippen molar-refractivity contribution in [2.24, 2.45) is 0 Å². The van der Waals surface area contributed by atoms with Crippen molar-refractivity contribution in [3.8, 4) is 5.75 Å². The van der Waals surface area contributed by atoms with Gasteiger partial charge < -0.3 is 4.52 Å². The number of hydrogen-bond acceptors (Lipinski definition) is 1. The molecule has 1 aromatic rings. The summed E-state index contributed by atoms with van der Waals surface area (Å²) in [5, 5.41) is 0. The van der Waals surface area contributed by atoms with Crippen LogP contribution in [-0.2, 0) is 0 Å². The number of benzene rings is 1. The maximum Gasteiger partial charge on any atom is 0.168 e. The van der Waals surface area contributed by atoms with Crippen LogP contribution < -0.4 is 4.52 Å². The van der Waals surface area contributed by atoms with Crippen molar-refractivity contribution in [3.63, 3.8) is 0 Å². The van der Waals surface area contributed by atoms with Crippen molar-refractivity contribution in [2.45, 2.75) is 0 Å². The molecule has 0 radical (unpaired) electrons. The highest BCUT2D eigenvalue weighted by molar-refractivity contribution is 7.64. The average Bonchev–Trinajstić information content (AvgIpc) is 1.91. The molecule has 9 heavy (non-hydrogen) atoms. The van der Waals surface area contributed by atoms with E-state index in [0.717, 1.165) is 5.75 Å². The summed E-state index contributed by atoms with van der Waals surface area (Å²) in [6.07, 6.45) is 0. The zero-order chi connectivity index (χ0) is 6.53. The molecule has 48 valence electrons. The molecule has 0 bridgehead atoms. The second-order valence-electron chi connectivity index (χ2n) is 1.49. The molecule has 0 fully saturated rings. The van der Waals surface area contributed by atoms with Crippen molar-refractivity contribution in [3.05, 3.63) is 30.3 Å². The summed E-state index contributed by atoms with van der Waals surface area (Å²) in [7, 11) is 0.00744. The largest absolute Gasteiger partial charge is 0.461 e. The lowest BCUT2D eigenvalue weighted by Crippen LogP contribution is -1.71. The summed E-state index contributed by atoms with van der Waals surface area (Å²) in [5.41, 5.74) is 0. The number of rotatable bonds is 2. The van der Waals surface area contributed by atoms with Gasteiger partial charge in [0.05, 0.1) is 0 Å². The summed E-state index contributed by atoms with van der Waals surface area (Å²) in [6, 6.07) is 9.49. The van der Waals surface area contributed by atoms with Gasteiger partial charge in [0, 0.05) is 0 Å². The predicted octanol–water partition coefficient (Wildman–Crippen LogP) is 2.81. The molecule has 0 aliphatic heterocycles. The molecule has 1 atom stereocenters. The Morgan fingerprint density at radius 1 is 1.22 bits per heavy atom. The Kier molecular flexibility index (Phi) is 2.82. The van der Waals surface area contributed by atoms with Gasteiger partial charge in [0.1, 0.15) is 5.75 Å². The van der Waals surface area contributed by atoms with E-state index in [0.29, 0.717) is 0 Å². The lowest BCUT2D eigenvalue weighted by molar-refractivity contribution is 0.642. The van der Waals surface area contributed by atoms with Crippen molar-refractivity contribution in [1.29, 1.82) is 0 Å². The molecule has 0 spiro atoms. The summed E-state index contributed by atoms with van der Waals surface area (Å²) in [6.45, 7) is 0. The normalized spacial score (nSPS) is 10.3. The monoisotopic (exact) mass is 160 g/mol. The molecule has 0 heterocycles. The molecule has 1 rings (SSSR count). The molecule has 1 nitrogen and oxygen atoms in total. The number of halogens is 1. The topological polar surface area (TPSA) is 9.23 Å². The molecular weight excluding hydrogens is 154 g/mol. The van der Waals surface area contributed by atoms with Crippen LogP contribution in [0.3, 0.4) is 0 Å². The SMILES string of the molecule is ClPOc1ccccc1. The van der Waals surface area contributed by atoms with Crippen LogP contribution in [0.1, 0.15) is 0 Å². The highest BCUT2D eigenvalue weighted by Crippen LogP contribution is 2.22. The van der Waals surface area contributed by atoms with Gasteiger partial charge >= 0.3 is 0 Å². The fourth-order valence-electron chi connectivity index (χ4n) is 0.533. The fourth-order valence-corrected chi connectivity index (χ4v) is 1.03. The van der Waals surface area contributed by atoms with Crippen LogP contribution in [0, 0.1) is 0 Å². The molecule has 0 saturated heterocycles. The third-order valence-electron chi connectivity index (χ3n) is 0.900. The molecule has 0 aromatic heterocycles. The first kappa shape index (κ1) is 6.85. The minimum atomic E-state index is 0.00744. The van der Waals surface area contributed by atoms with E-state index in [2.05, 4.69) is 0 Å². The first-order chi connectivity index (χ1) is 4.43. The number of hydrogen-bond donors (Lipinski definition) is 0. The Morgan fingerprint density at radius 2 is 1.89 bits per heavy atom. The van der Waals surface area contributed by atoms with Crippen LogP contribution in [-0.4, -0.2) is 0 Å². The zero-order valence-electron chi connectivity index (χ0n) is 4.67. The van der Waals surface area contributed by atoms with Crippen LogP contribution in [0.5, 0.6) is 5.75 Å². The Hall–Kier alpha value is -0.260. The van der Waals surface area contributed by atoms with E-state index < -0.39 is 0 Å². The standard InChI is InChI=1S/C6H6ClOP/c7-9-8-6-4-2-1-3-5-6/h1-5,9H. The predicted molar refractivity (Wildman–Crippen MR) is 41.2 cm³/mol. The van der Waals surface area contributed by atoms with Gasteiger partial charge in [-0.15, -0.1) is 0 Å². The first-order valence-corrected chi connectivity index (χ1v) is 4.43. The molecular formula is C6H6ClOP. The van der Waals surface area contributed by atoms with Gasteiger partial charge in [-0.3, -0.25) is 0 Å². The van der Waals surface area contributed by atoms with Gasteiger partial charge in [-0.1, -0.05) is 29.4 Å². The molecule has 1 aromatic carbocycles. The maximum absolute atomic E-state index is 5.34. The Labute approximate surface area is 60.6 Å². The smallest absolute Gasteiger partial charge is 0.168 e. The van der Waals surface area contributed by atoms with Crippen molar-refractivity contribution in [1.82, 2.24) is 0 Å². The third-order valence-corrected chi connectivity index (χ3v) is 1.44. The van der Waals surface area contributed by atoms with E-state index in [9.17, 15) is 0 Å². The summed E-state index contributed by atoms with van der Waals surface area (Å²) in [4.78, 5) is 0. The van der Waals surface area contributed by atoms with Crippen LogP contribution in [0.15, 0.2) is 30.3 Å². The minimum Gasteiger partial charge on any atom is -0.461 e. The van der Waals surface area contributed by atoms with Crippen LogP contribution in [0.25, 0.3) is 0 Å². The highest BCUT2D eigenvalue weighted by atomic mass is 35.7. The van der Waals surface area contributed by atoms with Crippen LogP contribution in [0.2, 0.25) is 0 Å². The Balaban J connectivity index is 2.61. The fraction of sp³-hybridized carbons (Fsp3) is 0. The lowest BCUT2D eigenvalue weighted by atomic mass is 10.3. The summed E-state index contributed by atoms with van der Waals surface area (Å²) < 4.78 is 5.00. The maximum atomic E-state index is 5.34. The van der Waals surface area contributed by atoms with Gasteiger partial charge in [-0.2, -0.15) is 0 Å². The van der Waals surface area contributed by atoms with Crippen LogP contribution in [0.4, 0.5) is 0 Å². The van der Waals surface area contributed by atoms with Crippen molar-refractivity contribution in [2.75, 3.05) is 0 Å². The molecule has 3 heteroatoms. The van der Waals surface area contributed by atoms with Gasteiger partial charge in [0.25, 0.3) is 0 Å². The molecule has 0 aliphatic rings. The molecule has 0 aliphatic carbocycles. The quantitative estimate of drug-likeness (QED) is 0.605. The van der Waals surface area contributed by atoms with E-state index in [1.54, 1.807) is 0 Å². The minimum absolute atomic E-state index is 0.00744. The second-order valence-corrected chi connectivity index (χ2v) is 2.31. The van der Waals surface area contributed by atoms with Gasteiger partial charge in [-0.25, -0.2) is 0 Å². The number of para-hydroxylation sites is 1. The Morgan fingerprint density at radius 3 is 2.44 bits per heavy atom. The van der Waals surface area contributed by atoms with Crippen molar-refractivity contribution >= 4 is 19.4 Å². The third kappa shape index (κ3) is 2.21. The lowest BCUT2D eigenvalue weighted by Gasteiger charge is -1.96. The molecule has 0 saturated carbocycles. The summed E-state index contributed by atoms with van der Waals surface area (Å²) >= 11 is 5.34. The highest BCUT2D eigenvalue weighted by Gasteiger charge is 1.85. The first-order valence-electron chi connectivity index (χ1n) is 2.51.